The molecule has 0 aliphatic rings. The van der Waals surface area contributed by atoms with Gasteiger partial charge in [-0.25, -0.2) is 0 Å². The molecule has 1 heterocycles. The monoisotopic (exact) mass is 309 g/mol. The lowest BCUT2D eigenvalue weighted by Gasteiger charge is -2.28. The number of benzene rings is 2. The van der Waals surface area contributed by atoms with E-state index in [4.69, 9.17) is 14.2 Å². The normalized spacial score (nSPS) is 11.6. The number of hydrogen-bond donors (Lipinski definition) is 0. The Kier molecular flexibility index (Phi) is 4.28. The van der Waals surface area contributed by atoms with Crippen molar-refractivity contribution in [3.63, 3.8) is 0 Å². The predicted octanol–water partition coefficient (Wildman–Crippen LogP) is 4.49. The fourth-order valence-corrected chi connectivity index (χ4v) is 2.47. The molecule has 0 atom stereocenters. The first-order chi connectivity index (χ1) is 11.2. The van der Waals surface area contributed by atoms with Gasteiger partial charge in [0.1, 0.15) is 11.5 Å². The number of aromatic nitrogens is 1. The van der Waals surface area contributed by atoms with E-state index in [0.29, 0.717) is 11.5 Å². The van der Waals surface area contributed by atoms with Crippen LogP contribution >= 0.6 is 0 Å². The number of rotatable bonds is 5. The quantitative estimate of drug-likeness (QED) is 0.651. The summed E-state index contributed by atoms with van der Waals surface area (Å²) >= 11 is 0. The Balaban J connectivity index is 1.99. The number of pyridine rings is 1. The summed E-state index contributed by atoms with van der Waals surface area (Å²) in [6, 6.07) is 17.6. The van der Waals surface area contributed by atoms with E-state index in [-0.39, 0.29) is 0 Å². The topological polar surface area (TPSA) is 40.6 Å². The van der Waals surface area contributed by atoms with Crippen molar-refractivity contribution in [2.75, 3.05) is 14.2 Å². The van der Waals surface area contributed by atoms with E-state index >= 15 is 0 Å². The second-order valence-corrected chi connectivity index (χ2v) is 5.32. The average molecular weight is 309 g/mol. The van der Waals surface area contributed by atoms with Crippen LogP contribution in [0.15, 0.2) is 60.8 Å². The minimum absolute atomic E-state index is 0.672. The van der Waals surface area contributed by atoms with Crippen molar-refractivity contribution in [2.24, 2.45) is 0 Å². The molecule has 0 aliphatic carbocycles. The van der Waals surface area contributed by atoms with E-state index in [2.05, 4.69) is 4.98 Å². The zero-order chi connectivity index (χ0) is 16.3. The first-order valence-electron chi connectivity index (χ1n) is 7.39. The minimum atomic E-state index is -0.874. The van der Waals surface area contributed by atoms with Gasteiger partial charge in [-0.1, -0.05) is 30.3 Å². The van der Waals surface area contributed by atoms with Crippen molar-refractivity contribution >= 4 is 10.9 Å². The van der Waals surface area contributed by atoms with Gasteiger partial charge in [0.25, 0.3) is 0 Å². The van der Waals surface area contributed by atoms with Crippen molar-refractivity contribution in [2.45, 2.75) is 12.7 Å². The Morgan fingerprint density at radius 1 is 0.913 bits per heavy atom. The van der Waals surface area contributed by atoms with E-state index < -0.39 is 5.79 Å². The van der Waals surface area contributed by atoms with Crippen LogP contribution < -0.4 is 4.74 Å². The molecule has 0 bridgehead atoms. The third-order valence-corrected chi connectivity index (χ3v) is 3.95. The van der Waals surface area contributed by atoms with E-state index in [1.807, 2.05) is 61.5 Å². The summed E-state index contributed by atoms with van der Waals surface area (Å²) in [5, 5.41) is 1.03. The highest BCUT2D eigenvalue weighted by Crippen LogP contribution is 2.35. The van der Waals surface area contributed by atoms with Gasteiger partial charge in [0.15, 0.2) is 5.79 Å². The molecule has 0 saturated heterocycles. The minimum Gasteiger partial charge on any atom is -0.455 e. The van der Waals surface area contributed by atoms with Gasteiger partial charge in [-0.15, -0.1) is 0 Å². The van der Waals surface area contributed by atoms with E-state index in [1.54, 1.807) is 20.4 Å². The van der Waals surface area contributed by atoms with Gasteiger partial charge in [0.2, 0.25) is 0 Å². The van der Waals surface area contributed by atoms with Crippen molar-refractivity contribution in [3.8, 4) is 11.5 Å². The highest BCUT2D eigenvalue weighted by molar-refractivity contribution is 5.79. The molecule has 0 fully saturated rings. The molecule has 0 unspecified atom stereocenters. The van der Waals surface area contributed by atoms with E-state index in [1.165, 1.54) is 0 Å². The molecule has 0 amide bonds. The predicted molar refractivity (Wildman–Crippen MR) is 89.6 cm³/mol. The third kappa shape index (κ3) is 3.04. The summed E-state index contributed by atoms with van der Waals surface area (Å²) in [7, 11) is 3.22. The molecule has 0 saturated carbocycles. The zero-order valence-corrected chi connectivity index (χ0v) is 13.4. The number of fused-ring (bicyclic) bond motifs is 1. The summed E-state index contributed by atoms with van der Waals surface area (Å²) in [6.07, 6.45) is 1.72. The van der Waals surface area contributed by atoms with E-state index in [9.17, 15) is 0 Å². The summed E-state index contributed by atoms with van der Waals surface area (Å²) in [5.41, 5.74) is 1.75. The van der Waals surface area contributed by atoms with Crippen LogP contribution in [-0.4, -0.2) is 19.2 Å². The molecular formula is C19H19NO3. The maximum atomic E-state index is 6.04. The molecule has 4 nitrogen and oxygen atoms in total. The van der Waals surface area contributed by atoms with Crippen LogP contribution in [0.2, 0.25) is 0 Å². The number of hydrogen-bond acceptors (Lipinski definition) is 4. The Labute approximate surface area is 135 Å². The number of para-hydroxylation sites is 2. The molecule has 0 N–H and O–H groups in total. The SMILES string of the molecule is COC(C)(OC)c1ccccc1Oc1cnc2ccccc2c1. The van der Waals surface area contributed by atoms with Crippen LogP contribution in [-0.2, 0) is 15.3 Å². The third-order valence-electron chi connectivity index (χ3n) is 3.95. The molecule has 3 aromatic rings. The maximum absolute atomic E-state index is 6.04. The maximum Gasteiger partial charge on any atom is 0.194 e. The van der Waals surface area contributed by atoms with Crippen LogP contribution in [0.4, 0.5) is 0 Å². The van der Waals surface area contributed by atoms with Crippen molar-refractivity contribution in [1.82, 2.24) is 4.98 Å². The van der Waals surface area contributed by atoms with Crippen LogP contribution in [0.5, 0.6) is 11.5 Å². The van der Waals surface area contributed by atoms with Gasteiger partial charge in [-0.2, -0.15) is 0 Å². The fraction of sp³-hybridized carbons (Fsp3) is 0.211. The lowest BCUT2D eigenvalue weighted by Crippen LogP contribution is -2.27. The molecule has 1 aromatic heterocycles. The highest BCUT2D eigenvalue weighted by Gasteiger charge is 2.29. The largest absolute Gasteiger partial charge is 0.455 e. The van der Waals surface area contributed by atoms with Crippen molar-refractivity contribution in [3.05, 3.63) is 66.4 Å². The van der Waals surface area contributed by atoms with Crippen molar-refractivity contribution < 1.29 is 14.2 Å². The number of methoxy groups -OCH3 is 2. The standard InChI is InChI=1S/C19H19NO3/c1-19(21-2,22-3)16-9-5-7-11-18(16)23-15-12-14-8-4-6-10-17(14)20-13-15/h4-13H,1-3H3. The zero-order valence-electron chi connectivity index (χ0n) is 13.4. The van der Waals surface area contributed by atoms with Gasteiger partial charge in [0.05, 0.1) is 17.3 Å². The Hall–Kier alpha value is -2.43. The van der Waals surface area contributed by atoms with Gasteiger partial charge in [-0.05, 0) is 31.2 Å². The summed E-state index contributed by atoms with van der Waals surface area (Å²) in [5.74, 6) is 0.474. The molecule has 3 rings (SSSR count). The average Bonchev–Trinajstić information content (AvgIpc) is 2.61. The number of nitrogens with zero attached hydrogens (tertiary/aromatic N) is 1. The first-order valence-corrected chi connectivity index (χ1v) is 7.39. The molecule has 0 aliphatic heterocycles. The smallest absolute Gasteiger partial charge is 0.194 e. The van der Waals surface area contributed by atoms with E-state index in [0.717, 1.165) is 16.5 Å². The Morgan fingerprint density at radius 2 is 1.61 bits per heavy atom. The first kappa shape index (κ1) is 15.5. The van der Waals surface area contributed by atoms with Gasteiger partial charge in [0, 0.05) is 19.6 Å². The summed E-state index contributed by atoms with van der Waals surface area (Å²) in [6.45, 7) is 1.85. The van der Waals surface area contributed by atoms with Gasteiger partial charge in [-0.3, -0.25) is 4.98 Å². The molecule has 0 radical (unpaired) electrons. The van der Waals surface area contributed by atoms with Gasteiger partial charge >= 0.3 is 0 Å². The highest BCUT2D eigenvalue weighted by atomic mass is 16.7. The molecule has 2 aromatic carbocycles. The fourth-order valence-electron chi connectivity index (χ4n) is 2.47. The molecular weight excluding hydrogens is 290 g/mol. The molecule has 23 heavy (non-hydrogen) atoms. The summed E-state index contributed by atoms with van der Waals surface area (Å²) < 4.78 is 17.1. The molecule has 4 heteroatoms. The molecule has 118 valence electrons. The summed E-state index contributed by atoms with van der Waals surface area (Å²) in [4.78, 5) is 4.42. The second kappa shape index (κ2) is 6.36. The van der Waals surface area contributed by atoms with Crippen LogP contribution in [0.3, 0.4) is 0 Å². The Bertz CT molecular complexity index is 812. The lowest BCUT2D eigenvalue weighted by atomic mass is 10.1. The Morgan fingerprint density at radius 3 is 2.39 bits per heavy atom. The second-order valence-electron chi connectivity index (χ2n) is 5.32. The van der Waals surface area contributed by atoms with Gasteiger partial charge < -0.3 is 14.2 Å². The van der Waals surface area contributed by atoms with Crippen molar-refractivity contribution in [1.29, 1.82) is 0 Å². The van der Waals surface area contributed by atoms with Crippen LogP contribution in [0, 0.1) is 0 Å². The number of ether oxygens (including phenoxy) is 3. The van der Waals surface area contributed by atoms with Crippen LogP contribution in [0.1, 0.15) is 12.5 Å². The van der Waals surface area contributed by atoms with Crippen LogP contribution in [0.25, 0.3) is 10.9 Å². The lowest BCUT2D eigenvalue weighted by molar-refractivity contribution is -0.202. The molecule has 0 spiro atoms.